The van der Waals surface area contributed by atoms with Crippen molar-refractivity contribution in [2.24, 2.45) is 5.92 Å². The van der Waals surface area contributed by atoms with Gasteiger partial charge in [0.15, 0.2) is 0 Å². The topological polar surface area (TPSA) is 143 Å². The Hall–Kier alpha value is -4.18. The van der Waals surface area contributed by atoms with Crippen molar-refractivity contribution in [2.45, 2.75) is 57.3 Å². The summed E-state index contributed by atoms with van der Waals surface area (Å²) in [5.41, 5.74) is 1.74. The first-order valence-corrected chi connectivity index (χ1v) is 13.4. The van der Waals surface area contributed by atoms with Crippen LogP contribution in [-0.4, -0.2) is 60.3 Å². The Morgan fingerprint density at radius 1 is 1.02 bits per heavy atom. The van der Waals surface area contributed by atoms with Crippen molar-refractivity contribution in [3.8, 4) is 0 Å². The molecule has 3 amide bonds. The normalized spacial score (nSPS) is 20.6. The molecular weight excluding hydrogens is 514 g/mol. The van der Waals surface area contributed by atoms with Gasteiger partial charge in [0.2, 0.25) is 11.8 Å². The second kappa shape index (κ2) is 16.0. The van der Waals surface area contributed by atoms with E-state index in [4.69, 9.17) is 9.47 Å². The van der Waals surface area contributed by atoms with Gasteiger partial charge < -0.3 is 30.5 Å². The maximum absolute atomic E-state index is 13.2. The smallest absolute Gasteiger partial charge is 0.408 e. The number of aliphatic hydroxyl groups excluding tert-OH is 1. The molecule has 40 heavy (non-hydrogen) atoms. The first-order valence-electron chi connectivity index (χ1n) is 13.4. The van der Waals surface area contributed by atoms with Crippen molar-refractivity contribution in [3.63, 3.8) is 0 Å². The summed E-state index contributed by atoms with van der Waals surface area (Å²) in [5, 5.41) is 17.4. The van der Waals surface area contributed by atoms with Crippen LogP contribution >= 0.6 is 0 Å². The largest absolute Gasteiger partial charge is 0.462 e. The highest BCUT2D eigenvalue weighted by molar-refractivity contribution is 5.86. The van der Waals surface area contributed by atoms with E-state index in [1.165, 1.54) is 0 Å². The van der Waals surface area contributed by atoms with Crippen LogP contribution in [0.4, 0.5) is 4.79 Å². The van der Waals surface area contributed by atoms with Crippen molar-refractivity contribution in [3.05, 3.63) is 83.9 Å². The number of rotatable bonds is 9. The molecule has 0 aliphatic carbocycles. The number of benzene rings is 2. The van der Waals surface area contributed by atoms with Gasteiger partial charge in [0, 0.05) is 12.5 Å². The van der Waals surface area contributed by atoms with Crippen molar-refractivity contribution < 1.29 is 33.8 Å². The van der Waals surface area contributed by atoms with E-state index in [9.17, 15) is 24.3 Å². The van der Waals surface area contributed by atoms with Crippen LogP contribution in [0.1, 0.15) is 37.3 Å². The highest BCUT2D eigenvalue weighted by Crippen LogP contribution is 2.15. The lowest BCUT2D eigenvalue weighted by molar-refractivity contribution is -0.147. The number of allylic oxidation sites excluding steroid dienone is 1. The van der Waals surface area contributed by atoms with Gasteiger partial charge in [-0.25, -0.2) is 9.59 Å². The molecule has 0 unspecified atom stereocenters. The zero-order valence-corrected chi connectivity index (χ0v) is 22.6. The zero-order valence-electron chi connectivity index (χ0n) is 22.6. The molecule has 3 rings (SSSR count). The molecule has 0 saturated heterocycles. The Labute approximate surface area is 234 Å². The van der Waals surface area contributed by atoms with Gasteiger partial charge in [-0.05, 0) is 37.3 Å². The molecule has 0 aromatic heterocycles. The van der Waals surface area contributed by atoms with E-state index in [-0.39, 0.29) is 50.9 Å². The number of alkyl carbamates (subject to hydrolysis) is 1. The minimum atomic E-state index is -1.00. The summed E-state index contributed by atoms with van der Waals surface area (Å²) in [6.45, 7) is 1.38. The number of esters is 1. The molecule has 10 heteroatoms. The second-order valence-corrected chi connectivity index (χ2v) is 9.78. The van der Waals surface area contributed by atoms with Crippen molar-refractivity contribution in [1.29, 1.82) is 0 Å². The molecule has 214 valence electrons. The lowest BCUT2D eigenvalue weighted by atomic mass is 9.97. The predicted molar refractivity (Wildman–Crippen MR) is 148 cm³/mol. The van der Waals surface area contributed by atoms with Crippen LogP contribution in [0.5, 0.6) is 0 Å². The van der Waals surface area contributed by atoms with Crippen LogP contribution in [0.15, 0.2) is 72.8 Å². The van der Waals surface area contributed by atoms with Gasteiger partial charge >= 0.3 is 12.1 Å². The summed E-state index contributed by atoms with van der Waals surface area (Å²) in [6.07, 6.45) is 3.29. The summed E-state index contributed by atoms with van der Waals surface area (Å²) in [4.78, 5) is 51.1. The minimum Gasteiger partial charge on any atom is -0.462 e. The Morgan fingerprint density at radius 3 is 2.35 bits per heavy atom. The third-order valence-electron chi connectivity index (χ3n) is 6.33. The highest BCUT2D eigenvalue weighted by Gasteiger charge is 2.28. The van der Waals surface area contributed by atoms with Gasteiger partial charge in [0.1, 0.15) is 19.3 Å². The van der Waals surface area contributed by atoms with Gasteiger partial charge in [-0.15, -0.1) is 0 Å². The fourth-order valence-corrected chi connectivity index (χ4v) is 4.15. The number of carbonyl (C=O) groups excluding carboxylic acids is 4. The molecule has 2 aromatic carbocycles. The van der Waals surface area contributed by atoms with Crippen molar-refractivity contribution in [2.75, 3.05) is 13.2 Å². The average molecular weight is 552 g/mol. The van der Waals surface area contributed by atoms with Crippen molar-refractivity contribution in [1.82, 2.24) is 16.0 Å². The number of aliphatic hydroxyl groups is 1. The van der Waals surface area contributed by atoms with Crippen molar-refractivity contribution >= 4 is 23.9 Å². The molecule has 0 saturated carbocycles. The van der Waals surface area contributed by atoms with E-state index >= 15 is 0 Å². The highest BCUT2D eigenvalue weighted by atomic mass is 16.6. The van der Waals surface area contributed by atoms with Crippen LogP contribution in [-0.2, 0) is 36.9 Å². The number of hydrogen-bond acceptors (Lipinski definition) is 7. The van der Waals surface area contributed by atoms with Crippen LogP contribution in [0.2, 0.25) is 0 Å². The fraction of sp³-hybridized carbons (Fsp3) is 0.400. The standard InChI is InChI=1S/C30H37N3O7/c1-21(18-34)31-27(35)17-24-14-8-9-15-26(33-30(38)40-19-23-12-6-3-7-13-23)29(37)39-20-25(32-28(24)36)16-22-10-4-2-5-11-22/h2-13,21,24-26,34H,14-20H2,1H3,(H,31,35)(H,32,36)(H,33,38)/t21-,24+,25-,26+/m0/s1. The molecule has 10 nitrogen and oxygen atoms in total. The van der Waals surface area contributed by atoms with E-state index in [0.717, 1.165) is 11.1 Å². The lowest BCUT2D eigenvalue weighted by Gasteiger charge is -2.24. The molecule has 4 N–H and O–H groups in total. The molecule has 0 fully saturated rings. The van der Waals surface area contributed by atoms with E-state index in [2.05, 4.69) is 16.0 Å². The first kappa shape index (κ1) is 30.4. The number of ether oxygens (including phenoxy) is 2. The van der Waals surface area contributed by atoms with Gasteiger partial charge in [0.05, 0.1) is 18.6 Å². The summed E-state index contributed by atoms with van der Waals surface area (Å²) in [5.74, 6) is -2.02. The fourth-order valence-electron chi connectivity index (χ4n) is 4.15. The average Bonchev–Trinajstić information content (AvgIpc) is 2.95. The molecule has 1 aliphatic heterocycles. The van der Waals surface area contributed by atoms with Crippen LogP contribution in [0, 0.1) is 5.92 Å². The SMILES string of the molecule is C[C@@H](CO)NC(=O)C[C@H]1CC=CC[C@@H](NC(=O)OCc2ccccc2)C(=O)OC[C@H](Cc2ccccc2)NC1=O. The van der Waals surface area contributed by atoms with Crippen LogP contribution < -0.4 is 16.0 Å². The third-order valence-corrected chi connectivity index (χ3v) is 6.33. The molecule has 0 radical (unpaired) electrons. The maximum Gasteiger partial charge on any atom is 0.408 e. The summed E-state index contributed by atoms with van der Waals surface area (Å²) < 4.78 is 10.8. The molecule has 1 aliphatic rings. The molecule has 1 heterocycles. The van der Waals surface area contributed by atoms with E-state index < -0.39 is 36.1 Å². The quantitative estimate of drug-likeness (QED) is 0.277. The Balaban J connectivity index is 1.72. The minimum absolute atomic E-state index is 0.0497. The Morgan fingerprint density at radius 2 is 1.68 bits per heavy atom. The zero-order chi connectivity index (χ0) is 28.7. The first-order chi connectivity index (χ1) is 19.3. The van der Waals surface area contributed by atoms with E-state index in [1.807, 2.05) is 60.7 Å². The molecule has 2 aromatic rings. The third kappa shape index (κ3) is 10.5. The van der Waals surface area contributed by atoms with E-state index in [1.54, 1.807) is 19.1 Å². The van der Waals surface area contributed by atoms with Crippen LogP contribution in [0.25, 0.3) is 0 Å². The Kier molecular flexibility index (Phi) is 12.2. The summed E-state index contributed by atoms with van der Waals surface area (Å²) in [7, 11) is 0. The monoisotopic (exact) mass is 551 g/mol. The van der Waals surface area contributed by atoms with Crippen LogP contribution in [0.3, 0.4) is 0 Å². The maximum atomic E-state index is 13.2. The number of cyclic esters (lactones) is 1. The molecular formula is C30H37N3O7. The number of carbonyl (C=O) groups is 4. The van der Waals surface area contributed by atoms with Gasteiger partial charge in [-0.1, -0.05) is 72.8 Å². The van der Waals surface area contributed by atoms with Gasteiger partial charge in [0.25, 0.3) is 0 Å². The van der Waals surface area contributed by atoms with E-state index in [0.29, 0.717) is 6.42 Å². The second-order valence-electron chi connectivity index (χ2n) is 9.78. The summed E-state index contributed by atoms with van der Waals surface area (Å²) >= 11 is 0. The van der Waals surface area contributed by atoms with Gasteiger partial charge in [-0.3, -0.25) is 9.59 Å². The van der Waals surface area contributed by atoms with Gasteiger partial charge in [-0.2, -0.15) is 0 Å². The number of nitrogens with one attached hydrogen (secondary N) is 3. The predicted octanol–water partition coefficient (Wildman–Crippen LogP) is 2.41. The Bertz CT molecular complexity index is 1140. The number of hydrogen-bond donors (Lipinski definition) is 4. The number of amides is 3. The summed E-state index contributed by atoms with van der Waals surface area (Å²) in [6, 6.07) is 16.6. The lowest BCUT2D eigenvalue weighted by Crippen LogP contribution is -2.47. The molecule has 0 bridgehead atoms. The molecule has 0 spiro atoms. The molecule has 4 atom stereocenters.